The fourth-order valence-corrected chi connectivity index (χ4v) is 2.52. The predicted octanol–water partition coefficient (Wildman–Crippen LogP) is 3.16. The van der Waals surface area contributed by atoms with Crippen molar-refractivity contribution in [2.75, 3.05) is 0 Å². The molecule has 1 aliphatic rings. The molecule has 1 N–H and O–H groups in total. The smallest absolute Gasteiger partial charge is 0.234 e. The van der Waals surface area contributed by atoms with Crippen LogP contribution in [-0.2, 0) is 15.0 Å². The van der Waals surface area contributed by atoms with E-state index in [-0.39, 0.29) is 23.1 Å². The summed E-state index contributed by atoms with van der Waals surface area (Å²) in [5.41, 5.74) is 1.95. The Labute approximate surface area is 118 Å². The van der Waals surface area contributed by atoms with Crippen molar-refractivity contribution in [1.82, 2.24) is 5.32 Å². The molecule has 1 fully saturated rings. The molecule has 4 heteroatoms. The number of halogens is 1. The quantitative estimate of drug-likeness (QED) is 0.803. The van der Waals surface area contributed by atoms with Crippen molar-refractivity contribution in [3.8, 4) is 0 Å². The molecule has 1 aromatic carbocycles. The largest absolute Gasteiger partial charge is 0.296 e. The molecule has 0 bridgehead atoms. The molecule has 19 heavy (non-hydrogen) atoms. The van der Waals surface area contributed by atoms with E-state index in [0.29, 0.717) is 17.9 Å². The van der Waals surface area contributed by atoms with Gasteiger partial charge in [-0.25, -0.2) is 0 Å². The lowest BCUT2D eigenvalue weighted by Crippen LogP contribution is -2.39. The Morgan fingerprint density at radius 1 is 1.26 bits per heavy atom. The van der Waals surface area contributed by atoms with Crippen LogP contribution >= 0.6 is 11.6 Å². The second-order valence-electron chi connectivity index (χ2n) is 5.99. The number of imide groups is 1. The van der Waals surface area contributed by atoms with E-state index in [0.717, 1.165) is 11.1 Å². The summed E-state index contributed by atoms with van der Waals surface area (Å²) in [6.45, 7) is 6.35. The van der Waals surface area contributed by atoms with Gasteiger partial charge in [0.2, 0.25) is 11.8 Å². The molecule has 2 amide bonds. The summed E-state index contributed by atoms with van der Waals surface area (Å²) in [4.78, 5) is 23.1. The number of hydrogen-bond acceptors (Lipinski definition) is 2. The van der Waals surface area contributed by atoms with E-state index in [1.807, 2.05) is 18.2 Å². The van der Waals surface area contributed by atoms with Crippen molar-refractivity contribution in [2.24, 2.45) is 0 Å². The molecule has 1 aliphatic heterocycles. The first-order valence-corrected chi connectivity index (χ1v) is 6.80. The molecule has 0 aromatic heterocycles. The van der Waals surface area contributed by atoms with Gasteiger partial charge in [0.25, 0.3) is 0 Å². The molecule has 1 saturated heterocycles. The minimum atomic E-state index is -0.326. The van der Waals surface area contributed by atoms with E-state index in [9.17, 15) is 9.59 Å². The lowest BCUT2D eigenvalue weighted by Gasteiger charge is -2.25. The molecule has 0 spiro atoms. The Kier molecular flexibility index (Phi) is 3.68. The fraction of sp³-hybridized carbons (Fsp3) is 0.467. The number of piperidine rings is 1. The van der Waals surface area contributed by atoms with Crippen LogP contribution in [0.4, 0.5) is 0 Å². The molecule has 102 valence electrons. The van der Waals surface area contributed by atoms with Gasteiger partial charge < -0.3 is 0 Å². The summed E-state index contributed by atoms with van der Waals surface area (Å²) in [6.07, 6.45) is 0.893. The number of hydrogen-bond donors (Lipinski definition) is 1. The molecule has 0 aliphatic carbocycles. The number of nitrogens with one attached hydrogen (secondary N) is 1. The standard InChI is InChI=1S/C15H18ClNO2/c1-15(2,3)9-4-6-12(16)11(8-9)10-5-7-13(18)17-14(10)19/h4,6,8,10H,5,7H2,1-3H3,(H,17,18,19). The van der Waals surface area contributed by atoms with Crippen LogP contribution in [-0.4, -0.2) is 11.8 Å². The van der Waals surface area contributed by atoms with Crippen molar-refractivity contribution >= 4 is 23.4 Å². The van der Waals surface area contributed by atoms with E-state index in [1.165, 1.54) is 0 Å². The molecule has 0 radical (unpaired) electrons. The van der Waals surface area contributed by atoms with E-state index < -0.39 is 0 Å². The molecule has 0 saturated carbocycles. The first kappa shape index (κ1) is 14.1. The van der Waals surface area contributed by atoms with Crippen molar-refractivity contribution in [1.29, 1.82) is 0 Å². The molecule has 1 aromatic rings. The van der Waals surface area contributed by atoms with Crippen LogP contribution < -0.4 is 5.32 Å². The lowest BCUT2D eigenvalue weighted by atomic mass is 9.83. The van der Waals surface area contributed by atoms with Crippen LogP contribution in [0.5, 0.6) is 0 Å². The average molecular weight is 280 g/mol. The van der Waals surface area contributed by atoms with E-state index >= 15 is 0 Å². The fourth-order valence-electron chi connectivity index (χ4n) is 2.27. The first-order valence-electron chi connectivity index (χ1n) is 6.42. The van der Waals surface area contributed by atoms with Gasteiger partial charge in [0.05, 0.1) is 5.92 Å². The maximum Gasteiger partial charge on any atom is 0.234 e. The summed E-state index contributed by atoms with van der Waals surface area (Å²) in [7, 11) is 0. The van der Waals surface area contributed by atoms with Gasteiger partial charge in [-0.05, 0) is 29.0 Å². The molecule has 1 heterocycles. The van der Waals surface area contributed by atoms with Crippen LogP contribution in [0.1, 0.15) is 50.7 Å². The minimum Gasteiger partial charge on any atom is -0.296 e. The van der Waals surface area contributed by atoms with Gasteiger partial charge in [0.1, 0.15) is 0 Å². The SMILES string of the molecule is CC(C)(C)c1ccc(Cl)c(C2CCC(=O)NC2=O)c1. The number of benzene rings is 1. The number of carbonyl (C=O) groups is 2. The van der Waals surface area contributed by atoms with Gasteiger partial charge >= 0.3 is 0 Å². The van der Waals surface area contributed by atoms with Gasteiger partial charge in [0.15, 0.2) is 0 Å². The Balaban J connectivity index is 2.39. The summed E-state index contributed by atoms with van der Waals surface area (Å²) in [6, 6.07) is 5.81. The molecule has 3 nitrogen and oxygen atoms in total. The normalized spacial score (nSPS) is 20.3. The first-order chi connectivity index (χ1) is 8.79. The number of rotatable bonds is 1. The summed E-state index contributed by atoms with van der Waals surface area (Å²) < 4.78 is 0. The van der Waals surface area contributed by atoms with Gasteiger partial charge in [0, 0.05) is 11.4 Å². The monoisotopic (exact) mass is 279 g/mol. The lowest BCUT2D eigenvalue weighted by molar-refractivity contribution is -0.134. The van der Waals surface area contributed by atoms with Crippen LogP contribution in [0.2, 0.25) is 5.02 Å². The van der Waals surface area contributed by atoms with Crippen molar-refractivity contribution in [2.45, 2.75) is 44.9 Å². The summed E-state index contributed by atoms with van der Waals surface area (Å²) >= 11 is 6.22. The maximum absolute atomic E-state index is 11.9. The van der Waals surface area contributed by atoms with Crippen molar-refractivity contribution in [3.05, 3.63) is 34.3 Å². The van der Waals surface area contributed by atoms with Crippen LogP contribution in [0, 0.1) is 0 Å². The van der Waals surface area contributed by atoms with Crippen molar-refractivity contribution in [3.63, 3.8) is 0 Å². The molecule has 1 unspecified atom stereocenters. The zero-order chi connectivity index (χ0) is 14.2. The zero-order valence-corrected chi connectivity index (χ0v) is 12.2. The number of amides is 2. The third kappa shape index (κ3) is 2.98. The highest BCUT2D eigenvalue weighted by atomic mass is 35.5. The number of carbonyl (C=O) groups excluding carboxylic acids is 2. The summed E-state index contributed by atoms with van der Waals surface area (Å²) in [5.74, 6) is -0.777. The van der Waals surface area contributed by atoms with Gasteiger partial charge in [-0.1, -0.05) is 44.5 Å². The Morgan fingerprint density at radius 3 is 2.53 bits per heavy atom. The highest BCUT2D eigenvalue weighted by Crippen LogP contribution is 2.34. The van der Waals surface area contributed by atoms with E-state index in [2.05, 4.69) is 26.1 Å². The molecular weight excluding hydrogens is 262 g/mol. The maximum atomic E-state index is 11.9. The highest BCUT2D eigenvalue weighted by Gasteiger charge is 2.30. The Hall–Kier alpha value is -1.35. The minimum absolute atomic E-state index is 0.000299. The topological polar surface area (TPSA) is 46.2 Å². The second kappa shape index (κ2) is 4.97. The third-order valence-electron chi connectivity index (χ3n) is 3.48. The van der Waals surface area contributed by atoms with Gasteiger partial charge in [-0.15, -0.1) is 0 Å². The van der Waals surface area contributed by atoms with Crippen molar-refractivity contribution < 1.29 is 9.59 Å². The molecular formula is C15H18ClNO2. The van der Waals surface area contributed by atoms with Crippen LogP contribution in [0.15, 0.2) is 18.2 Å². The third-order valence-corrected chi connectivity index (χ3v) is 3.82. The predicted molar refractivity (Wildman–Crippen MR) is 75.3 cm³/mol. The van der Waals surface area contributed by atoms with Crippen LogP contribution in [0.3, 0.4) is 0 Å². The highest BCUT2D eigenvalue weighted by molar-refractivity contribution is 6.31. The van der Waals surface area contributed by atoms with Crippen LogP contribution in [0.25, 0.3) is 0 Å². The Bertz CT molecular complexity index is 531. The van der Waals surface area contributed by atoms with Gasteiger partial charge in [-0.2, -0.15) is 0 Å². The molecule has 2 rings (SSSR count). The Morgan fingerprint density at radius 2 is 1.95 bits per heavy atom. The van der Waals surface area contributed by atoms with Gasteiger partial charge in [-0.3, -0.25) is 14.9 Å². The average Bonchev–Trinajstić information content (AvgIpc) is 2.29. The van der Waals surface area contributed by atoms with E-state index in [4.69, 9.17) is 11.6 Å². The zero-order valence-electron chi connectivity index (χ0n) is 11.4. The second-order valence-corrected chi connectivity index (χ2v) is 6.40. The summed E-state index contributed by atoms with van der Waals surface area (Å²) in [5, 5.41) is 2.96. The van der Waals surface area contributed by atoms with E-state index in [1.54, 1.807) is 0 Å². The molecule has 1 atom stereocenters.